The quantitative estimate of drug-likeness (QED) is 0.252. The van der Waals surface area contributed by atoms with E-state index in [0.29, 0.717) is 0 Å². The van der Waals surface area contributed by atoms with Crippen LogP contribution in [0.3, 0.4) is 0 Å². The van der Waals surface area contributed by atoms with Crippen molar-refractivity contribution >= 4 is 23.9 Å². The van der Waals surface area contributed by atoms with Crippen LogP contribution in [0.25, 0.3) is 0 Å². The fraction of sp³-hybridized carbons (Fsp3) is 1.00. The first-order valence-electron chi connectivity index (χ1n) is 4.84. The molecule has 13 N–H and O–H groups in total. The van der Waals surface area contributed by atoms with E-state index < -0.39 is 37.2 Å². The van der Waals surface area contributed by atoms with E-state index in [1.807, 2.05) is 0 Å². The summed E-state index contributed by atoms with van der Waals surface area (Å²) in [5.41, 5.74) is 5.61. The van der Waals surface area contributed by atoms with Crippen molar-refractivity contribution in [3.63, 3.8) is 0 Å². The van der Waals surface area contributed by atoms with Crippen LogP contribution in [0, 0.1) is 0 Å². The van der Waals surface area contributed by atoms with Crippen molar-refractivity contribution < 1.29 is 41.6 Å². The maximum absolute atomic E-state index is 9.55. The van der Waals surface area contributed by atoms with Gasteiger partial charge in [-0.15, -0.1) is 0 Å². The van der Waals surface area contributed by atoms with E-state index in [1.54, 1.807) is 0 Å². The van der Waals surface area contributed by atoms with Gasteiger partial charge in [-0.2, -0.15) is 0 Å². The van der Waals surface area contributed by atoms with Crippen molar-refractivity contribution in [2.24, 2.45) is 5.73 Å². The Morgan fingerprint density at radius 3 is 2.00 bits per heavy atom. The van der Waals surface area contributed by atoms with Crippen molar-refractivity contribution in [1.82, 2.24) is 5.32 Å². The molecule has 1 heterocycles. The number of rotatable bonds is 4. The molecule has 1 rings (SSSR count). The Hall–Kier alpha value is 0.399. The van der Waals surface area contributed by atoms with E-state index in [2.05, 4.69) is 5.32 Å². The summed E-state index contributed by atoms with van der Waals surface area (Å²) < 4.78 is 5.23. The Labute approximate surface area is 127 Å². The average Bonchev–Trinajstić information content (AvgIpc) is 2.25. The van der Waals surface area contributed by atoms with Gasteiger partial charge in [0.05, 0.1) is 19.3 Å². The second-order valence-corrected chi connectivity index (χ2v) is 3.51. The molecule has 5 atom stereocenters. The normalized spacial score (nSPS) is 33.0. The van der Waals surface area contributed by atoms with Crippen LogP contribution in [0.15, 0.2) is 0 Å². The molecular formula is C8H24N2O8Sn. The molecule has 0 aromatic rings. The van der Waals surface area contributed by atoms with Gasteiger partial charge in [0.15, 0.2) is 0 Å². The van der Waals surface area contributed by atoms with Crippen molar-refractivity contribution in [2.45, 2.75) is 30.6 Å². The van der Waals surface area contributed by atoms with E-state index in [1.165, 1.54) is 0 Å². The first kappa shape index (κ1) is 27.7. The minimum absolute atomic E-state index is 0. The summed E-state index contributed by atoms with van der Waals surface area (Å²) >= 11 is 0. The molecule has 0 spiro atoms. The minimum Gasteiger partial charge on any atom is -0.412 e. The van der Waals surface area contributed by atoms with Gasteiger partial charge in [-0.05, 0) is 0 Å². The van der Waals surface area contributed by atoms with Gasteiger partial charge in [0.25, 0.3) is 0 Å². The Morgan fingerprint density at radius 1 is 1.05 bits per heavy atom. The molecule has 0 aromatic heterocycles. The summed E-state index contributed by atoms with van der Waals surface area (Å²) in [5.74, 6) is 0. The zero-order valence-corrected chi connectivity index (χ0v) is 13.1. The summed E-state index contributed by atoms with van der Waals surface area (Å²) in [7, 11) is 0. The van der Waals surface area contributed by atoms with Gasteiger partial charge in [0.2, 0.25) is 0 Å². The topological polar surface area (TPSA) is 223 Å². The Bertz CT molecular complexity index is 202. The van der Waals surface area contributed by atoms with E-state index in [4.69, 9.17) is 20.7 Å². The van der Waals surface area contributed by atoms with Gasteiger partial charge >= 0.3 is 0 Å². The predicted octanol–water partition coefficient (Wildman–Crippen LogP) is -6.52. The predicted molar refractivity (Wildman–Crippen MR) is 67.4 cm³/mol. The maximum atomic E-state index is 9.55. The van der Waals surface area contributed by atoms with Crippen molar-refractivity contribution in [3.8, 4) is 0 Å². The molecule has 4 radical (unpaired) electrons. The number of aliphatic hydroxyl groups excluding tert-OH is 4. The average molecular weight is 395 g/mol. The molecule has 1 saturated heterocycles. The molecule has 0 aliphatic carbocycles. The van der Waals surface area contributed by atoms with E-state index in [9.17, 15) is 10.2 Å². The Kier molecular flexibility index (Phi) is 19.5. The summed E-state index contributed by atoms with van der Waals surface area (Å²) in [6, 6.07) is -0.797. The first-order chi connectivity index (χ1) is 7.11. The van der Waals surface area contributed by atoms with Crippen molar-refractivity contribution in [3.05, 3.63) is 0 Å². The van der Waals surface area contributed by atoms with Crippen molar-refractivity contribution in [2.75, 3.05) is 19.8 Å². The van der Waals surface area contributed by atoms with Gasteiger partial charge in [-0.3, -0.25) is 5.32 Å². The molecule has 1 fully saturated rings. The molecule has 0 amide bonds. The molecule has 1 aliphatic heterocycles. The van der Waals surface area contributed by atoms with Gasteiger partial charge in [-0.25, -0.2) is 0 Å². The third kappa shape index (κ3) is 7.10. The third-order valence-electron chi connectivity index (χ3n) is 2.43. The third-order valence-corrected chi connectivity index (χ3v) is 2.43. The van der Waals surface area contributed by atoms with Crippen LogP contribution in [0.1, 0.15) is 0 Å². The molecule has 0 bridgehead atoms. The zero-order chi connectivity index (χ0) is 11.4. The second kappa shape index (κ2) is 13.4. The van der Waals surface area contributed by atoms with Gasteiger partial charge in [0.1, 0.15) is 24.5 Å². The number of ether oxygens (including phenoxy) is 1. The fourth-order valence-electron chi connectivity index (χ4n) is 1.53. The van der Waals surface area contributed by atoms with E-state index >= 15 is 0 Å². The number of hydrogen-bond donors (Lipinski definition) is 6. The number of nitrogens with one attached hydrogen (secondary N) is 1. The van der Waals surface area contributed by atoms with Crippen LogP contribution in [-0.4, -0.2) is 111 Å². The van der Waals surface area contributed by atoms with Gasteiger partial charge in [-0.1, -0.05) is 0 Å². The molecule has 11 heteroatoms. The molecule has 0 aromatic carbocycles. The molecule has 118 valence electrons. The molecule has 19 heavy (non-hydrogen) atoms. The number of hydrogen-bond acceptors (Lipinski definition) is 7. The molecular weight excluding hydrogens is 371 g/mol. The Morgan fingerprint density at radius 2 is 1.58 bits per heavy atom. The van der Waals surface area contributed by atoms with Crippen LogP contribution in [0.4, 0.5) is 0 Å². The minimum atomic E-state index is -1.20. The molecule has 0 saturated carbocycles. The number of aliphatic hydroxyl groups is 4. The van der Waals surface area contributed by atoms with Crippen LogP contribution < -0.4 is 11.1 Å². The van der Waals surface area contributed by atoms with Crippen LogP contribution in [0.2, 0.25) is 0 Å². The molecule has 5 unspecified atom stereocenters. The van der Waals surface area contributed by atoms with Crippen LogP contribution >= 0.6 is 0 Å². The van der Waals surface area contributed by atoms with Crippen LogP contribution in [-0.2, 0) is 4.74 Å². The summed E-state index contributed by atoms with van der Waals surface area (Å²) in [4.78, 5) is 0. The smallest absolute Gasteiger partial charge is 0.126 e. The summed E-state index contributed by atoms with van der Waals surface area (Å²) in [6.07, 6.45) is -3.91. The molecule has 10 nitrogen and oxygen atoms in total. The van der Waals surface area contributed by atoms with Crippen molar-refractivity contribution in [1.29, 1.82) is 0 Å². The summed E-state index contributed by atoms with van der Waals surface area (Å²) in [5, 5.41) is 39.3. The monoisotopic (exact) mass is 396 g/mol. The number of nitrogens with two attached hydrogens (primary N) is 1. The largest absolute Gasteiger partial charge is 0.412 e. The van der Waals surface area contributed by atoms with E-state index in [0.717, 1.165) is 0 Å². The fourth-order valence-corrected chi connectivity index (χ4v) is 1.53. The zero-order valence-electron chi connectivity index (χ0n) is 10.3. The second-order valence-electron chi connectivity index (χ2n) is 3.51. The maximum Gasteiger partial charge on any atom is 0.126 e. The molecule has 1 aliphatic rings. The SMILES string of the molecule is NC1C(NCCO)OC(CO)C(O)C1O.O.O.O.[Sn]. The van der Waals surface area contributed by atoms with E-state index in [-0.39, 0.29) is 53.5 Å². The van der Waals surface area contributed by atoms with Gasteiger partial charge < -0.3 is 47.3 Å². The first-order valence-corrected chi connectivity index (χ1v) is 4.84. The van der Waals surface area contributed by atoms with Crippen LogP contribution in [0.5, 0.6) is 0 Å². The Balaban J connectivity index is -0.000000281. The van der Waals surface area contributed by atoms with Gasteiger partial charge in [0, 0.05) is 30.5 Å². The summed E-state index contributed by atoms with van der Waals surface area (Å²) in [6.45, 7) is -0.226. The standard InChI is InChI=1S/C8H18N2O5.3H2O.Sn/c9-5-7(14)6(13)4(3-12)15-8(5)10-1-2-11;;;;/h4-8,10-14H,1-3,9H2;3*1H2;.